The van der Waals surface area contributed by atoms with Crippen LogP contribution >= 0.6 is 11.8 Å². The summed E-state index contributed by atoms with van der Waals surface area (Å²) in [6.07, 6.45) is 4.46. The van der Waals surface area contributed by atoms with Crippen molar-refractivity contribution in [2.75, 3.05) is 5.75 Å². The van der Waals surface area contributed by atoms with Crippen LogP contribution in [0.1, 0.15) is 42.4 Å². The highest BCUT2D eigenvalue weighted by atomic mass is 32.2. The summed E-state index contributed by atoms with van der Waals surface area (Å²) in [6.45, 7) is 0.200. The van der Waals surface area contributed by atoms with Gasteiger partial charge in [0.15, 0.2) is 0 Å². The van der Waals surface area contributed by atoms with Gasteiger partial charge in [-0.1, -0.05) is 67.4 Å². The highest BCUT2D eigenvalue weighted by Gasteiger charge is 2.32. The van der Waals surface area contributed by atoms with Crippen LogP contribution in [0.15, 0.2) is 78.9 Å². The van der Waals surface area contributed by atoms with Crippen molar-refractivity contribution in [1.82, 2.24) is 10.2 Å². The van der Waals surface area contributed by atoms with Gasteiger partial charge >= 0.3 is 0 Å². The quantitative estimate of drug-likeness (QED) is 0.341. The van der Waals surface area contributed by atoms with Crippen LogP contribution in [0.4, 0.5) is 8.78 Å². The minimum absolute atomic E-state index is 0.126. The lowest BCUT2D eigenvalue weighted by molar-refractivity contribution is -0.139. The fourth-order valence-corrected chi connectivity index (χ4v) is 5.50. The van der Waals surface area contributed by atoms with E-state index in [4.69, 9.17) is 0 Å². The van der Waals surface area contributed by atoms with Crippen molar-refractivity contribution in [3.05, 3.63) is 107 Å². The number of amides is 2. The van der Waals surface area contributed by atoms with E-state index in [0.29, 0.717) is 12.2 Å². The Morgan fingerprint density at radius 1 is 0.838 bits per heavy atom. The molecule has 0 saturated heterocycles. The van der Waals surface area contributed by atoms with Gasteiger partial charge < -0.3 is 10.2 Å². The molecule has 1 N–H and O–H groups in total. The molecule has 4 nitrogen and oxygen atoms in total. The molecular formula is C30H32F2N2O2S. The molecule has 194 valence electrons. The van der Waals surface area contributed by atoms with Gasteiger partial charge in [-0.3, -0.25) is 9.59 Å². The summed E-state index contributed by atoms with van der Waals surface area (Å²) in [6, 6.07) is 21.4. The smallest absolute Gasteiger partial charge is 0.243 e. The van der Waals surface area contributed by atoms with Gasteiger partial charge in [0, 0.05) is 24.8 Å². The normalized spacial score (nSPS) is 14.3. The van der Waals surface area contributed by atoms with Gasteiger partial charge in [0.25, 0.3) is 0 Å². The molecule has 3 aromatic rings. The first-order chi connectivity index (χ1) is 18.0. The van der Waals surface area contributed by atoms with Crippen LogP contribution in [-0.4, -0.2) is 34.6 Å². The van der Waals surface area contributed by atoms with Gasteiger partial charge in [-0.2, -0.15) is 0 Å². The van der Waals surface area contributed by atoms with Crippen LogP contribution in [0.2, 0.25) is 0 Å². The lowest BCUT2D eigenvalue weighted by atomic mass is 10.0. The van der Waals surface area contributed by atoms with Crippen molar-refractivity contribution in [3.8, 4) is 0 Å². The van der Waals surface area contributed by atoms with Crippen molar-refractivity contribution in [1.29, 1.82) is 0 Å². The van der Waals surface area contributed by atoms with Crippen molar-refractivity contribution in [2.24, 2.45) is 0 Å². The highest BCUT2D eigenvalue weighted by Crippen LogP contribution is 2.21. The minimum atomic E-state index is -0.702. The molecule has 7 heteroatoms. The van der Waals surface area contributed by atoms with E-state index in [9.17, 15) is 18.4 Å². The van der Waals surface area contributed by atoms with Crippen molar-refractivity contribution in [3.63, 3.8) is 0 Å². The monoisotopic (exact) mass is 522 g/mol. The standard InChI is InChI=1S/C30H32F2N2O2S/c31-25-14-10-23(11-15-25)19-34(29(35)21-37-20-24-12-16-26(32)17-13-24)28(18-22-6-2-1-3-7-22)30(36)33-27-8-4-5-9-27/h1-3,6-7,10-17,27-28H,4-5,8-9,18-21H2,(H,33,36). The first kappa shape index (κ1) is 26.9. The molecule has 1 aliphatic carbocycles. The third-order valence-electron chi connectivity index (χ3n) is 6.65. The Bertz CT molecular complexity index is 1150. The number of halogens is 2. The van der Waals surface area contributed by atoms with E-state index in [2.05, 4.69) is 5.32 Å². The van der Waals surface area contributed by atoms with Crippen LogP contribution in [-0.2, 0) is 28.3 Å². The van der Waals surface area contributed by atoms with Gasteiger partial charge in [-0.15, -0.1) is 11.8 Å². The van der Waals surface area contributed by atoms with E-state index in [0.717, 1.165) is 42.4 Å². The Kier molecular flexibility index (Phi) is 9.71. The van der Waals surface area contributed by atoms with Gasteiger partial charge in [-0.05, 0) is 53.8 Å². The Hall–Kier alpha value is -3.19. The Morgan fingerprint density at radius 3 is 2.05 bits per heavy atom. The molecule has 2 amide bonds. The molecular weight excluding hydrogens is 490 g/mol. The fraction of sp³-hybridized carbons (Fsp3) is 0.333. The second-order valence-corrected chi connectivity index (χ2v) is 10.4. The third kappa shape index (κ3) is 8.15. The summed E-state index contributed by atoms with van der Waals surface area (Å²) >= 11 is 1.42. The van der Waals surface area contributed by atoms with Gasteiger partial charge in [0.1, 0.15) is 17.7 Å². The zero-order chi connectivity index (χ0) is 26.0. The lowest BCUT2D eigenvalue weighted by Gasteiger charge is -2.32. The molecule has 1 atom stereocenters. The van der Waals surface area contributed by atoms with E-state index in [-0.39, 0.29) is 41.8 Å². The first-order valence-corrected chi connectivity index (χ1v) is 13.8. The van der Waals surface area contributed by atoms with Crippen LogP contribution in [0.3, 0.4) is 0 Å². The molecule has 0 spiro atoms. The molecule has 1 saturated carbocycles. The molecule has 0 aromatic heterocycles. The Balaban J connectivity index is 1.55. The van der Waals surface area contributed by atoms with Gasteiger partial charge in [0.2, 0.25) is 11.8 Å². The van der Waals surface area contributed by atoms with Crippen molar-refractivity contribution >= 4 is 23.6 Å². The molecule has 3 aromatic carbocycles. The zero-order valence-electron chi connectivity index (χ0n) is 20.7. The Labute approximate surface area is 221 Å². The Morgan fingerprint density at radius 2 is 1.43 bits per heavy atom. The van der Waals surface area contributed by atoms with Crippen molar-refractivity contribution in [2.45, 2.75) is 56.5 Å². The molecule has 1 aliphatic rings. The number of carbonyl (C=O) groups excluding carboxylic acids is 2. The summed E-state index contributed by atoms with van der Waals surface area (Å²) in [5.41, 5.74) is 2.64. The SMILES string of the molecule is O=C(NC1CCCC1)C(Cc1ccccc1)N(Cc1ccc(F)cc1)C(=O)CSCc1ccc(F)cc1. The largest absolute Gasteiger partial charge is 0.352 e. The van der Waals surface area contributed by atoms with E-state index in [1.807, 2.05) is 30.3 Å². The van der Waals surface area contributed by atoms with Gasteiger partial charge in [-0.25, -0.2) is 8.78 Å². The maximum absolute atomic E-state index is 13.6. The molecule has 0 heterocycles. The van der Waals surface area contributed by atoms with Crippen LogP contribution in [0.5, 0.6) is 0 Å². The molecule has 4 rings (SSSR count). The summed E-state index contributed by atoms with van der Waals surface area (Å²) in [4.78, 5) is 28.9. The number of hydrogen-bond acceptors (Lipinski definition) is 3. The summed E-state index contributed by atoms with van der Waals surface area (Å²) in [7, 11) is 0. The number of benzene rings is 3. The zero-order valence-corrected chi connectivity index (χ0v) is 21.6. The molecule has 0 bridgehead atoms. The molecule has 0 radical (unpaired) electrons. The topological polar surface area (TPSA) is 49.4 Å². The minimum Gasteiger partial charge on any atom is -0.352 e. The second kappa shape index (κ2) is 13.4. The summed E-state index contributed by atoms with van der Waals surface area (Å²) in [5.74, 6) is -0.258. The number of hydrogen-bond donors (Lipinski definition) is 1. The maximum Gasteiger partial charge on any atom is 0.243 e. The number of nitrogens with zero attached hydrogens (tertiary/aromatic N) is 1. The summed E-state index contributed by atoms with van der Waals surface area (Å²) in [5, 5.41) is 3.18. The van der Waals surface area contributed by atoms with E-state index < -0.39 is 6.04 Å². The highest BCUT2D eigenvalue weighted by molar-refractivity contribution is 7.99. The van der Waals surface area contributed by atoms with Crippen LogP contribution < -0.4 is 5.32 Å². The molecule has 1 fully saturated rings. The fourth-order valence-electron chi connectivity index (χ4n) is 4.63. The second-order valence-electron chi connectivity index (χ2n) is 9.46. The number of rotatable bonds is 11. The average molecular weight is 523 g/mol. The van der Waals surface area contributed by atoms with E-state index >= 15 is 0 Å². The van der Waals surface area contributed by atoms with Gasteiger partial charge in [0.05, 0.1) is 5.75 Å². The maximum atomic E-state index is 13.6. The molecule has 1 unspecified atom stereocenters. The van der Waals surface area contributed by atoms with E-state index in [1.165, 1.54) is 36.0 Å². The van der Waals surface area contributed by atoms with Crippen molar-refractivity contribution < 1.29 is 18.4 Å². The van der Waals surface area contributed by atoms with Crippen LogP contribution in [0.25, 0.3) is 0 Å². The third-order valence-corrected chi connectivity index (χ3v) is 7.63. The predicted molar refractivity (Wildman–Crippen MR) is 144 cm³/mol. The first-order valence-electron chi connectivity index (χ1n) is 12.7. The molecule has 37 heavy (non-hydrogen) atoms. The molecule has 0 aliphatic heterocycles. The van der Waals surface area contributed by atoms with Crippen LogP contribution in [0, 0.1) is 11.6 Å². The lowest BCUT2D eigenvalue weighted by Crippen LogP contribution is -2.52. The number of nitrogens with one attached hydrogen (secondary N) is 1. The predicted octanol–water partition coefficient (Wildman–Crippen LogP) is 5.90. The number of carbonyl (C=O) groups is 2. The average Bonchev–Trinajstić information content (AvgIpc) is 3.42. The van der Waals surface area contributed by atoms with E-state index in [1.54, 1.807) is 29.2 Å². The number of thioether (sulfide) groups is 1. The summed E-state index contributed by atoms with van der Waals surface area (Å²) < 4.78 is 26.8.